The van der Waals surface area contributed by atoms with Crippen molar-refractivity contribution in [3.8, 4) is 0 Å². The van der Waals surface area contributed by atoms with Crippen molar-refractivity contribution in [2.45, 2.75) is 58.2 Å². The summed E-state index contributed by atoms with van der Waals surface area (Å²) in [5.74, 6) is -1.12. The molecule has 2 nitrogen and oxygen atoms in total. The smallest absolute Gasteiger partial charge is 0.391 e. The Kier molecular flexibility index (Phi) is 5.46. The molecule has 5 heteroatoms. The van der Waals surface area contributed by atoms with Gasteiger partial charge in [0.2, 0.25) is 0 Å². The van der Waals surface area contributed by atoms with E-state index in [0.29, 0.717) is 19.4 Å². The lowest BCUT2D eigenvalue weighted by molar-refractivity contribution is -0.182. The van der Waals surface area contributed by atoms with E-state index >= 15 is 0 Å². The summed E-state index contributed by atoms with van der Waals surface area (Å²) in [6.45, 7) is 4.77. The minimum Gasteiger partial charge on any atom is -0.396 e. The number of nitrogens with one attached hydrogen (secondary N) is 1. The van der Waals surface area contributed by atoms with E-state index in [1.807, 2.05) is 13.8 Å². The molecule has 1 atom stereocenters. The van der Waals surface area contributed by atoms with E-state index < -0.39 is 12.1 Å². The van der Waals surface area contributed by atoms with Gasteiger partial charge in [-0.2, -0.15) is 13.2 Å². The number of aliphatic hydroxyl groups excluding tert-OH is 1. The Labute approximate surface area is 107 Å². The fraction of sp³-hybridized carbons (Fsp3) is 1.00. The Hall–Kier alpha value is -0.290. The van der Waals surface area contributed by atoms with Crippen LogP contribution in [0.5, 0.6) is 0 Å². The van der Waals surface area contributed by atoms with E-state index in [4.69, 9.17) is 0 Å². The molecule has 1 aliphatic carbocycles. The summed E-state index contributed by atoms with van der Waals surface area (Å²) >= 11 is 0. The number of halogens is 3. The molecule has 0 aliphatic heterocycles. The Morgan fingerprint density at radius 1 is 1.17 bits per heavy atom. The third kappa shape index (κ3) is 4.43. The summed E-state index contributed by atoms with van der Waals surface area (Å²) in [7, 11) is 0. The fourth-order valence-corrected chi connectivity index (χ4v) is 2.31. The van der Waals surface area contributed by atoms with Crippen LogP contribution >= 0.6 is 0 Å². The highest BCUT2D eigenvalue weighted by Crippen LogP contribution is 2.37. The lowest BCUT2D eigenvalue weighted by Crippen LogP contribution is -2.42. The van der Waals surface area contributed by atoms with Crippen LogP contribution in [0.2, 0.25) is 0 Å². The molecule has 1 saturated carbocycles. The molecule has 0 amide bonds. The first-order valence-corrected chi connectivity index (χ1v) is 6.71. The highest BCUT2D eigenvalue weighted by Gasteiger charge is 2.41. The van der Waals surface area contributed by atoms with Crippen LogP contribution < -0.4 is 5.32 Å². The minimum absolute atomic E-state index is 0.106. The second-order valence-corrected chi connectivity index (χ2v) is 5.79. The molecule has 1 unspecified atom stereocenters. The van der Waals surface area contributed by atoms with Gasteiger partial charge in [0.25, 0.3) is 0 Å². The summed E-state index contributed by atoms with van der Waals surface area (Å²) in [6.07, 6.45) is -1.57. The second kappa shape index (κ2) is 6.24. The molecule has 0 bridgehead atoms. The molecular formula is C13H24F3NO. The second-order valence-electron chi connectivity index (χ2n) is 5.79. The molecule has 1 aliphatic rings. The molecule has 0 aromatic rings. The number of aliphatic hydroxyl groups is 1. The van der Waals surface area contributed by atoms with Crippen molar-refractivity contribution >= 4 is 0 Å². The van der Waals surface area contributed by atoms with Gasteiger partial charge in [-0.25, -0.2) is 0 Å². The molecule has 0 heterocycles. The van der Waals surface area contributed by atoms with Crippen LogP contribution in [0.4, 0.5) is 13.2 Å². The molecule has 108 valence electrons. The summed E-state index contributed by atoms with van der Waals surface area (Å²) in [6, 6.07) is 0.168. The SMILES string of the molecule is CCC(C)(CO)CNC1CCC(C(F)(F)F)CC1. The monoisotopic (exact) mass is 267 g/mol. The van der Waals surface area contributed by atoms with E-state index in [1.54, 1.807) is 0 Å². The molecule has 0 saturated heterocycles. The van der Waals surface area contributed by atoms with Crippen molar-refractivity contribution in [1.29, 1.82) is 0 Å². The normalized spacial score (nSPS) is 29.0. The number of rotatable bonds is 5. The van der Waals surface area contributed by atoms with Crippen LogP contribution in [0.25, 0.3) is 0 Å². The van der Waals surface area contributed by atoms with Crippen molar-refractivity contribution in [2.75, 3.05) is 13.2 Å². The van der Waals surface area contributed by atoms with Crippen molar-refractivity contribution in [3.63, 3.8) is 0 Å². The van der Waals surface area contributed by atoms with E-state index in [0.717, 1.165) is 6.42 Å². The van der Waals surface area contributed by atoms with E-state index in [1.165, 1.54) is 0 Å². The third-order valence-electron chi connectivity index (χ3n) is 4.24. The summed E-state index contributed by atoms with van der Waals surface area (Å²) in [5.41, 5.74) is -0.166. The molecular weight excluding hydrogens is 243 g/mol. The topological polar surface area (TPSA) is 32.3 Å². The maximum absolute atomic E-state index is 12.5. The van der Waals surface area contributed by atoms with Crippen LogP contribution in [0.15, 0.2) is 0 Å². The molecule has 1 fully saturated rings. The Balaban J connectivity index is 2.32. The molecule has 18 heavy (non-hydrogen) atoms. The van der Waals surface area contributed by atoms with Crippen LogP contribution in [0, 0.1) is 11.3 Å². The highest BCUT2D eigenvalue weighted by atomic mass is 19.4. The highest BCUT2D eigenvalue weighted by molar-refractivity contribution is 4.83. The zero-order valence-electron chi connectivity index (χ0n) is 11.2. The van der Waals surface area contributed by atoms with Gasteiger partial charge in [-0.15, -0.1) is 0 Å². The zero-order chi connectivity index (χ0) is 13.8. The first-order valence-electron chi connectivity index (χ1n) is 6.71. The lowest BCUT2D eigenvalue weighted by Gasteiger charge is -2.33. The largest absolute Gasteiger partial charge is 0.396 e. The van der Waals surface area contributed by atoms with Crippen molar-refractivity contribution in [2.24, 2.45) is 11.3 Å². The fourth-order valence-electron chi connectivity index (χ4n) is 2.31. The molecule has 0 aromatic carbocycles. The molecule has 0 aromatic heterocycles. The van der Waals surface area contributed by atoms with Crippen LogP contribution in [-0.2, 0) is 0 Å². The molecule has 2 N–H and O–H groups in total. The van der Waals surface area contributed by atoms with Crippen molar-refractivity contribution in [1.82, 2.24) is 5.32 Å². The first-order chi connectivity index (χ1) is 8.30. The van der Waals surface area contributed by atoms with Crippen molar-refractivity contribution < 1.29 is 18.3 Å². The zero-order valence-corrected chi connectivity index (χ0v) is 11.2. The average molecular weight is 267 g/mol. The predicted molar refractivity (Wildman–Crippen MR) is 65.3 cm³/mol. The van der Waals surface area contributed by atoms with E-state index in [2.05, 4.69) is 5.32 Å². The predicted octanol–water partition coefficient (Wildman–Crippen LogP) is 3.11. The van der Waals surface area contributed by atoms with E-state index in [9.17, 15) is 18.3 Å². The van der Waals surface area contributed by atoms with Crippen LogP contribution in [0.1, 0.15) is 46.0 Å². The Morgan fingerprint density at radius 2 is 1.72 bits per heavy atom. The average Bonchev–Trinajstić information content (AvgIpc) is 2.35. The van der Waals surface area contributed by atoms with Crippen molar-refractivity contribution in [3.05, 3.63) is 0 Å². The maximum atomic E-state index is 12.5. The van der Waals surface area contributed by atoms with Gasteiger partial charge in [0.15, 0.2) is 0 Å². The van der Waals surface area contributed by atoms with Gasteiger partial charge < -0.3 is 10.4 Å². The van der Waals surface area contributed by atoms with E-state index in [-0.39, 0.29) is 30.9 Å². The summed E-state index contributed by atoms with van der Waals surface area (Å²) in [5, 5.41) is 12.6. The number of hydrogen-bond acceptors (Lipinski definition) is 2. The van der Waals surface area contributed by atoms with Gasteiger partial charge in [-0.05, 0) is 32.1 Å². The van der Waals surface area contributed by atoms with Gasteiger partial charge in [-0.1, -0.05) is 13.8 Å². The summed E-state index contributed by atoms with van der Waals surface area (Å²) < 4.78 is 37.5. The van der Waals surface area contributed by atoms with Gasteiger partial charge in [-0.3, -0.25) is 0 Å². The van der Waals surface area contributed by atoms with Crippen LogP contribution in [0.3, 0.4) is 0 Å². The van der Waals surface area contributed by atoms with Crippen LogP contribution in [-0.4, -0.2) is 30.5 Å². The quantitative estimate of drug-likeness (QED) is 0.802. The maximum Gasteiger partial charge on any atom is 0.391 e. The Bertz CT molecular complexity index is 243. The molecule has 1 rings (SSSR count). The number of alkyl halides is 3. The van der Waals surface area contributed by atoms with Gasteiger partial charge in [0, 0.05) is 24.6 Å². The first kappa shape index (κ1) is 15.8. The molecule has 0 spiro atoms. The minimum atomic E-state index is -4.03. The number of hydrogen-bond donors (Lipinski definition) is 2. The lowest BCUT2D eigenvalue weighted by atomic mass is 9.84. The summed E-state index contributed by atoms with van der Waals surface area (Å²) in [4.78, 5) is 0. The Morgan fingerprint density at radius 3 is 2.11 bits per heavy atom. The molecule has 0 radical (unpaired) electrons. The van der Waals surface area contributed by atoms with Gasteiger partial charge in [0.05, 0.1) is 5.92 Å². The standard InChI is InChI=1S/C13H24F3NO/c1-3-12(2,9-18)8-17-11-6-4-10(5-7-11)13(14,15)16/h10-11,17-18H,3-9H2,1-2H3. The van der Waals surface area contributed by atoms with Gasteiger partial charge in [0.1, 0.15) is 0 Å². The van der Waals surface area contributed by atoms with Gasteiger partial charge >= 0.3 is 6.18 Å². The third-order valence-corrected chi connectivity index (χ3v) is 4.24.